The fraction of sp³-hybridized carbons (Fsp3) is 0.323. The summed E-state index contributed by atoms with van der Waals surface area (Å²) < 4.78 is 0. The number of hydrogen-bond donors (Lipinski definition) is 2. The first-order chi connectivity index (χ1) is 17.8. The Morgan fingerprint density at radius 1 is 0.946 bits per heavy atom. The summed E-state index contributed by atoms with van der Waals surface area (Å²) in [5.74, 6) is -1.59. The lowest BCUT2D eigenvalue weighted by Gasteiger charge is -2.27. The van der Waals surface area contributed by atoms with E-state index in [4.69, 9.17) is 0 Å². The number of unbranched alkanes of at least 4 members (excludes halogenated alkanes) is 2. The molecule has 0 aromatic heterocycles. The second kappa shape index (κ2) is 11.4. The van der Waals surface area contributed by atoms with Crippen molar-refractivity contribution in [2.24, 2.45) is 5.92 Å². The predicted molar refractivity (Wildman–Crippen MR) is 146 cm³/mol. The number of benzene rings is 3. The van der Waals surface area contributed by atoms with Crippen LogP contribution in [0.3, 0.4) is 0 Å². The van der Waals surface area contributed by atoms with Gasteiger partial charge in [0.15, 0.2) is 0 Å². The molecule has 0 bridgehead atoms. The van der Waals surface area contributed by atoms with Crippen LogP contribution in [0.15, 0.2) is 66.7 Å². The third kappa shape index (κ3) is 5.91. The number of rotatable bonds is 10. The first-order valence-electron chi connectivity index (χ1n) is 13.0. The zero-order valence-corrected chi connectivity index (χ0v) is 21.7. The van der Waals surface area contributed by atoms with E-state index in [-0.39, 0.29) is 17.7 Å². The van der Waals surface area contributed by atoms with Crippen LogP contribution in [-0.4, -0.2) is 33.8 Å². The third-order valence-corrected chi connectivity index (χ3v) is 6.92. The molecule has 6 nitrogen and oxygen atoms in total. The Balaban J connectivity index is 1.43. The third-order valence-electron chi connectivity index (χ3n) is 6.92. The molecule has 3 aromatic rings. The smallest absolute Gasteiger partial charge is 0.326 e. The van der Waals surface area contributed by atoms with Gasteiger partial charge in [-0.3, -0.25) is 9.59 Å². The Hall–Kier alpha value is -3.93. The van der Waals surface area contributed by atoms with Gasteiger partial charge in [0.2, 0.25) is 0 Å². The summed E-state index contributed by atoms with van der Waals surface area (Å²) in [4.78, 5) is 38.9. The van der Waals surface area contributed by atoms with Crippen molar-refractivity contribution in [3.05, 3.63) is 89.0 Å². The highest BCUT2D eigenvalue weighted by atomic mass is 16.4. The highest BCUT2D eigenvalue weighted by Gasteiger charge is 2.38. The highest BCUT2D eigenvalue weighted by molar-refractivity contribution is 6.04. The van der Waals surface area contributed by atoms with E-state index in [9.17, 15) is 19.5 Å². The molecule has 37 heavy (non-hydrogen) atoms. The van der Waals surface area contributed by atoms with Gasteiger partial charge in [0.1, 0.15) is 6.04 Å². The fourth-order valence-corrected chi connectivity index (χ4v) is 4.86. The Kier molecular flexibility index (Phi) is 8.07. The van der Waals surface area contributed by atoms with E-state index >= 15 is 0 Å². The normalized spacial score (nSPS) is 13.5. The first-order valence-corrected chi connectivity index (χ1v) is 13.0. The summed E-state index contributed by atoms with van der Waals surface area (Å²) in [6, 6.07) is 20.1. The summed E-state index contributed by atoms with van der Waals surface area (Å²) in [5.41, 5.74) is 5.69. The molecule has 0 radical (unpaired) electrons. The maximum absolute atomic E-state index is 13.0. The maximum atomic E-state index is 13.0. The molecule has 1 heterocycles. The zero-order chi connectivity index (χ0) is 26.5. The number of aliphatic carboxylic acids is 1. The number of amides is 2. The number of anilines is 1. The number of hydrogen-bond acceptors (Lipinski definition) is 3. The van der Waals surface area contributed by atoms with Crippen molar-refractivity contribution >= 4 is 23.5 Å². The summed E-state index contributed by atoms with van der Waals surface area (Å²) >= 11 is 0. The van der Waals surface area contributed by atoms with Gasteiger partial charge in [0.25, 0.3) is 11.8 Å². The van der Waals surface area contributed by atoms with E-state index in [1.165, 1.54) is 23.3 Å². The van der Waals surface area contributed by atoms with Gasteiger partial charge in [0, 0.05) is 23.4 Å². The van der Waals surface area contributed by atoms with Crippen LogP contribution < -0.4 is 5.32 Å². The van der Waals surface area contributed by atoms with Crippen LogP contribution in [-0.2, 0) is 17.8 Å². The van der Waals surface area contributed by atoms with Crippen molar-refractivity contribution in [2.45, 2.75) is 59.0 Å². The van der Waals surface area contributed by atoms with E-state index in [0.29, 0.717) is 23.4 Å². The molecule has 0 unspecified atom stereocenters. The van der Waals surface area contributed by atoms with Crippen molar-refractivity contribution in [2.75, 3.05) is 5.32 Å². The van der Waals surface area contributed by atoms with E-state index in [2.05, 4.69) is 12.2 Å². The average Bonchev–Trinajstić information content (AvgIpc) is 3.19. The number of fused-ring (bicyclic) bond motifs is 1. The first kappa shape index (κ1) is 26.1. The minimum Gasteiger partial charge on any atom is -0.480 e. The number of carbonyl (C=O) groups excluding carboxylic acids is 2. The van der Waals surface area contributed by atoms with Gasteiger partial charge in [-0.25, -0.2) is 4.79 Å². The maximum Gasteiger partial charge on any atom is 0.326 e. The Morgan fingerprint density at radius 3 is 2.24 bits per heavy atom. The topological polar surface area (TPSA) is 86.7 Å². The molecule has 1 aliphatic rings. The van der Waals surface area contributed by atoms with E-state index < -0.39 is 12.0 Å². The molecule has 192 valence electrons. The summed E-state index contributed by atoms with van der Waals surface area (Å²) in [6.07, 6.45) is 4.59. The van der Waals surface area contributed by atoms with E-state index in [1.807, 2.05) is 80.6 Å². The molecule has 4 rings (SSSR count). The van der Waals surface area contributed by atoms with Gasteiger partial charge in [-0.05, 0) is 71.3 Å². The SMILES string of the molecule is CCCCCc1ccc(C(=O)Nc2ccc(-c3ccc4c(c3)C(=O)N([C@H](C(=O)O)C(C)C)C4)cc2)cc1. The van der Waals surface area contributed by atoms with Crippen LogP contribution in [0.4, 0.5) is 5.69 Å². The number of nitrogens with zero attached hydrogens (tertiary/aromatic N) is 1. The molecule has 0 spiro atoms. The van der Waals surface area contributed by atoms with Gasteiger partial charge in [0.05, 0.1) is 0 Å². The van der Waals surface area contributed by atoms with Crippen LogP contribution in [0.5, 0.6) is 0 Å². The van der Waals surface area contributed by atoms with Crippen LogP contribution in [0, 0.1) is 5.92 Å². The Bertz CT molecular complexity index is 1280. The second-order valence-electron chi connectivity index (χ2n) is 10.0. The molecule has 6 heteroatoms. The average molecular weight is 499 g/mol. The summed E-state index contributed by atoms with van der Waals surface area (Å²) in [5, 5.41) is 12.6. The van der Waals surface area contributed by atoms with Gasteiger partial charge < -0.3 is 15.3 Å². The van der Waals surface area contributed by atoms with Crippen molar-refractivity contribution in [1.29, 1.82) is 0 Å². The lowest BCUT2D eigenvalue weighted by Crippen LogP contribution is -2.44. The molecule has 0 saturated carbocycles. The van der Waals surface area contributed by atoms with Gasteiger partial charge in [-0.1, -0.05) is 70.0 Å². The van der Waals surface area contributed by atoms with Crippen LogP contribution in [0.1, 0.15) is 71.9 Å². The molecule has 1 atom stereocenters. The standard InChI is InChI=1S/C31H34N2O4/c1-4-5-6-7-21-8-10-23(11-9-21)29(34)32-26-16-14-22(15-17-26)24-12-13-25-19-33(30(35)27(25)18-24)28(20(2)3)31(36)37/h8-18,20,28H,4-7,19H2,1-3H3,(H,32,34)(H,36,37)/t28-/m0/s1. The molecule has 2 amide bonds. The number of nitrogens with one attached hydrogen (secondary N) is 1. The minimum atomic E-state index is -0.989. The monoisotopic (exact) mass is 498 g/mol. The molecular weight excluding hydrogens is 464 g/mol. The van der Waals surface area contributed by atoms with Gasteiger partial charge in [-0.2, -0.15) is 0 Å². The predicted octanol–water partition coefficient (Wildman–Crippen LogP) is 6.40. The molecule has 0 aliphatic carbocycles. The number of carbonyl (C=O) groups is 3. The van der Waals surface area contributed by atoms with Crippen molar-refractivity contribution in [1.82, 2.24) is 4.90 Å². The molecule has 0 fully saturated rings. The molecule has 1 aliphatic heterocycles. The van der Waals surface area contributed by atoms with Crippen LogP contribution in [0.2, 0.25) is 0 Å². The summed E-state index contributed by atoms with van der Waals surface area (Å²) in [6.45, 7) is 6.11. The summed E-state index contributed by atoms with van der Waals surface area (Å²) in [7, 11) is 0. The Labute approximate surface area is 218 Å². The second-order valence-corrected chi connectivity index (χ2v) is 10.0. The van der Waals surface area contributed by atoms with Crippen molar-refractivity contribution in [3.63, 3.8) is 0 Å². The van der Waals surface area contributed by atoms with E-state index in [0.717, 1.165) is 29.5 Å². The van der Waals surface area contributed by atoms with Crippen LogP contribution in [0.25, 0.3) is 11.1 Å². The van der Waals surface area contributed by atoms with Gasteiger partial charge >= 0.3 is 5.97 Å². The zero-order valence-electron chi connectivity index (χ0n) is 21.7. The Morgan fingerprint density at radius 2 is 1.62 bits per heavy atom. The molecule has 0 saturated heterocycles. The lowest BCUT2D eigenvalue weighted by molar-refractivity contribution is -0.144. The van der Waals surface area contributed by atoms with E-state index in [1.54, 1.807) is 0 Å². The molecule has 3 aromatic carbocycles. The highest BCUT2D eigenvalue weighted by Crippen LogP contribution is 2.31. The van der Waals surface area contributed by atoms with Crippen molar-refractivity contribution < 1.29 is 19.5 Å². The molecular formula is C31H34N2O4. The largest absolute Gasteiger partial charge is 0.480 e. The molecule has 2 N–H and O–H groups in total. The van der Waals surface area contributed by atoms with Gasteiger partial charge in [-0.15, -0.1) is 0 Å². The fourth-order valence-electron chi connectivity index (χ4n) is 4.86. The number of carboxylic acids is 1. The van der Waals surface area contributed by atoms with Crippen LogP contribution >= 0.6 is 0 Å². The number of carboxylic acid groups (broad SMARTS) is 1. The minimum absolute atomic E-state index is 0.158. The van der Waals surface area contributed by atoms with Crippen molar-refractivity contribution in [3.8, 4) is 11.1 Å². The number of aryl methyl sites for hydroxylation is 1. The lowest BCUT2D eigenvalue weighted by atomic mass is 10.00. The quantitative estimate of drug-likeness (QED) is 0.317.